The minimum atomic E-state index is -2.27. The Morgan fingerprint density at radius 2 is 1.92 bits per heavy atom. The van der Waals surface area contributed by atoms with Crippen LogP contribution in [0.5, 0.6) is 0 Å². The molecule has 0 fully saturated rings. The molecule has 0 radical (unpaired) electrons. The predicted octanol–water partition coefficient (Wildman–Crippen LogP) is -0.721. The topological polar surface area (TPSA) is 74.6 Å². The fraction of sp³-hybridized carbons (Fsp3) is 0.375. The molecular formula is C8H10O4S. The van der Waals surface area contributed by atoms with Crippen LogP contribution in [0.3, 0.4) is 0 Å². The third kappa shape index (κ3) is 2.51. The Bertz CT molecular complexity index is 378. The van der Waals surface area contributed by atoms with E-state index in [4.69, 9.17) is 10.2 Å². The molecule has 0 saturated heterocycles. The molecule has 5 heteroatoms. The molecule has 0 bridgehead atoms. The summed E-state index contributed by atoms with van der Waals surface area (Å²) in [5.41, 5.74) is 1.11. The van der Waals surface area contributed by atoms with Crippen LogP contribution in [0.4, 0.5) is 0 Å². The van der Waals surface area contributed by atoms with Crippen molar-refractivity contribution in [2.45, 2.75) is 6.42 Å². The van der Waals surface area contributed by atoms with E-state index in [9.17, 15) is 8.42 Å². The van der Waals surface area contributed by atoms with Gasteiger partial charge < -0.3 is 10.2 Å². The maximum absolute atomic E-state index is 10.6. The summed E-state index contributed by atoms with van der Waals surface area (Å²) < 4.78 is 21.2. The number of hydrogen-bond acceptors (Lipinski definition) is 4. The first-order valence-corrected chi connectivity index (χ1v) is 4.81. The minimum absolute atomic E-state index is 0.183. The summed E-state index contributed by atoms with van der Waals surface area (Å²) in [6.07, 6.45) is 3.26. The van der Waals surface area contributed by atoms with E-state index in [2.05, 4.69) is 0 Å². The molecule has 0 atom stereocenters. The van der Waals surface area contributed by atoms with Crippen molar-refractivity contribution in [1.82, 2.24) is 0 Å². The molecule has 0 spiro atoms. The van der Waals surface area contributed by atoms with Crippen LogP contribution in [0.1, 0.15) is 6.42 Å². The molecule has 2 N–H and O–H groups in total. The Labute approximate surface area is 77.4 Å². The molecular weight excluding hydrogens is 192 g/mol. The van der Waals surface area contributed by atoms with Crippen molar-refractivity contribution in [3.8, 4) is 0 Å². The van der Waals surface area contributed by atoms with Gasteiger partial charge in [-0.1, -0.05) is 6.08 Å². The Morgan fingerprint density at radius 3 is 2.38 bits per heavy atom. The molecule has 0 saturated carbocycles. The smallest absolute Gasteiger partial charge is 0.217 e. The molecule has 13 heavy (non-hydrogen) atoms. The summed E-state index contributed by atoms with van der Waals surface area (Å²) in [4.78, 5) is 0.204. The first-order valence-electron chi connectivity index (χ1n) is 3.74. The van der Waals surface area contributed by atoms with Crippen molar-refractivity contribution in [1.29, 1.82) is 0 Å². The Kier molecular flexibility index (Phi) is 3.41. The van der Waals surface area contributed by atoms with E-state index in [0.29, 0.717) is 11.1 Å². The fourth-order valence-electron chi connectivity index (χ4n) is 1.14. The maximum atomic E-state index is 10.6. The predicted molar refractivity (Wildman–Crippen MR) is 48.9 cm³/mol. The second-order valence-electron chi connectivity index (χ2n) is 2.72. The van der Waals surface area contributed by atoms with Gasteiger partial charge in [0.05, 0.1) is 18.1 Å². The lowest BCUT2D eigenvalue weighted by atomic mass is 10.0. The largest absolute Gasteiger partial charge is 0.392 e. The van der Waals surface area contributed by atoms with Crippen LogP contribution in [0.25, 0.3) is 0 Å². The number of allylic oxidation sites excluding steroid dienone is 1. The van der Waals surface area contributed by atoms with E-state index in [-0.39, 0.29) is 24.5 Å². The van der Waals surface area contributed by atoms with Crippen LogP contribution in [0.2, 0.25) is 0 Å². The molecule has 1 rings (SSSR count). The molecule has 0 unspecified atom stereocenters. The number of hydrogen-bond donors (Lipinski definition) is 2. The third-order valence-corrected chi connectivity index (χ3v) is 2.43. The van der Waals surface area contributed by atoms with Gasteiger partial charge in [0.1, 0.15) is 0 Å². The normalized spacial score (nSPS) is 16.6. The summed E-state index contributed by atoms with van der Waals surface area (Å²) in [5.74, 6) is 0. The van der Waals surface area contributed by atoms with Crippen LogP contribution in [-0.4, -0.2) is 36.7 Å². The van der Waals surface area contributed by atoms with E-state index in [1.54, 1.807) is 6.08 Å². The van der Waals surface area contributed by atoms with Gasteiger partial charge in [-0.2, -0.15) is 8.42 Å². The van der Waals surface area contributed by atoms with E-state index >= 15 is 0 Å². The van der Waals surface area contributed by atoms with E-state index in [1.807, 2.05) is 0 Å². The summed E-state index contributed by atoms with van der Waals surface area (Å²) in [7, 11) is -2.27. The molecule has 0 aromatic carbocycles. The minimum Gasteiger partial charge on any atom is -0.392 e. The van der Waals surface area contributed by atoms with Crippen molar-refractivity contribution >= 4 is 15.2 Å². The Hall–Kier alpha value is -0.910. The molecule has 1 aliphatic carbocycles. The lowest BCUT2D eigenvalue weighted by Gasteiger charge is -2.10. The van der Waals surface area contributed by atoms with Gasteiger partial charge in [0, 0.05) is 6.42 Å². The van der Waals surface area contributed by atoms with Crippen LogP contribution >= 0.6 is 0 Å². The molecule has 1 aliphatic rings. The zero-order chi connectivity index (χ0) is 9.84. The van der Waals surface area contributed by atoms with Crippen LogP contribution in [0, 0.1) is 0 Å². The molecule has 4 nitrogen and oxygen atoms in total. The second-order valence-corrected chi connectivity index (χ2v) is 3.71. The van der Waals surface area contributed by atoms with Crippen LogP contribution in [0.15, 0.2) is 23.3 Å². The SMILES string of the molecule is O=S(=O)=C1C=C(CO)C=C(CO)C1. The average Bonchev–Trinajstić information content (AvgIpc) is 2.16. The number of rotatable bonds is 2. The van der Waals surface area contributed by atoms with E-state index in [0.717, 1.165) is 0 Å². The van der Waals surface area contributed by atoms with Crippen molar-refractivity contribution in [2.24, 2.45) is 0 Å². The first kappa shape index (κ1) is 10.2. The number of aliphatic hydroxyl groups is 2. The Morgan fingerprint density at radius 1 is 1.23 bits per heavy atom. The van der Waals surface area contributed by atoms with Gasteiger partial charge in [-0.15, -0.1) is 0 Å². The van der Waals surface area contributed by atoms with E-state index in [1.165, 1.54) is 6.08 Å². The van der Waals surface area contributed by atoms with Crippen molar-refractivity contribution in [2.75, 3.05) is 13.2 Å². The van der Waals surface area contributed by atoms with Crippen molar-refractivity contribution in [3.63, 3.8) is 0 Å². The standard InChI is InChI=1S/C8H10O4S/c9-4-6-1-7(5-10)3-8(2-6)13(11)12/h1-2,9-10H,3-5H2. The second kappa shape index (κ2) is 4.36. The number of aliphatic hydroxyl groups excluding tert-OH is 2. The highest BCUT2D eigenvalue weighted by Gasteiger charge is 2.10. The van der Waals surface area contributed by atoms with Gasteiger partial charge in [0.2, 0.25) is 10.3 Å². The molecule has 0 heterocycles. The summed E-state index contributed by atoms with van der Waals surface area (Å²) in [6, 6.07) is 0. The zero-order valence-corrected chi connectivity index (χ0v) is 7.71. The lowest BCUT2D eigenvalue weighted by molar-refractivity contribution is 0.325. The monoisotopic (exact) mass is 202 g/mol. The van der Waals surface area contributed by atoms with Gasteiger partial charge in [-0.3, -0.25) is 0 Å². The summed E-state index contributed by atoms with van der Waals surface area (Å²) >= 11 is 0. The van der Waals surface area contributed by atoms with Gasteiger partial charge >= 0.3 is 0 Å². The Balaban J connectivity index is 3.10. The molecule has 0 aromatic heterocycles. The van der Waals surface area contributed by atoms with Crippen molar-refractivity contribution < 1.29 is 18.6 Å². The molecule has 0 aromatic rings. The van der Waals surface area contributed by atoms with E-state index < -0.39 is 10.3 Å². The van der Waals surface area contributed by atoms with Gasteiger partial charge in [0.25, 0.3) is 0 Å². The molecule has 0 amide bonds. The molecule has 0 aliphatic heterocycles. The van der Waals surface area contributed by atoms with Gasteiger partial charge in [-0.05, 0) is 17.2 Å². The fourth-order valence-corrected chi connectivity index (χ4v) is 1.69. The lowest BCUT2D eigenvalue weighted by Crippen LogP contribution is -2.09. The highest BCUT2D eigenvalue weighted by Crippen LogP contribution is 2.14. The van der Waals surface area contributed by atoms with Crippen molar-refractivity contribution in [3.05, 3.63) is 23.3 Å². The zero-order valence-electron chi connectivity index (χ0n) is 6.90. The average molecular weight is 202 g/mol. The van der Waals surface area contributed by atoms with Crippen LogP contribution in [-0.2, 0) is 10.3 Å². The van der Waals surface area contributed by atoms with Gasteiger partial charge in [-0.25, -0.2) is 0 Å². The highest BCUT2D eigenvalue weighted by atomic mass is 32.2. The maximum Gasteiger partial charge on any atom is 0.217 e. The van der Waals surface area contributed by atoms with Crippen LogP contribution < -0.4 is 0 Å². The molecule has 72 valence electrons. The summed E-state index contributed by atoms with van der Waals surface area (Å²) in [6.45, 7) is -0.401. The summed E-state index contributed by atoms with van der Waals surface area (Å²) in [5, 5.41) is 17.6. The highest BCUT2D eigenvalue weighted by molar-refractivity contribution is 7.73. The third-order valence-electron chi connectivity index (χ3n) is 1.74. The van der Waals surface area contributed by atoms with Gasteiger partial charge in [0.15, 0.2) is 0 Å². The quantitative estimate of drug-likeness (QED) is 0.579. The first-order chi connectivity index (χ1) is 6.17.